The molecule has 0 unspecified atom stereocenters. The van der Waals surface area contributed by atoms with Crippen molar-refractivity contribution in [2.24, 2.45) is 0 Å². The standard InChI is InChI=1S/C15H22N2O2/c1-4-19-11-5-10-16-13(3)15(18)17-14-8-6-12(2)7-9-14/h4,6-9,13,16H,1,5,10-11H2,2-3H3,(H,17,18)/p+1/t13-/m0/s1. The van der Waals surface area contributed by atoms with Crippen LogP contribution in [0.15, 0.2) is 37.1 Å². The summed E-state index contributed by atoms with van der Waals surface area (Å²) in [5, 5.41) is 4.91. The van der Waals surface area contributed by atoms with Gasteiger partial charge in [-0.25, -0.2) is 0 Å². The summed E-state index contributed by atoms with van der Waals surface area (Å²) in [5.41, 5.74) is 2.02. The van der Waals surface area contributed by atoms with Crippen LogP contribution in [0.4, 0.5) is 5.69 Å². The van der Waals surface area contributed by atoms with Crippen LogP contribution < -0.4 is 10.6 Å². The Morgan fingerprint density at radius 3 is 2.79 bits per heavy atom. The van der Waals surface area contributed by atoms with Gasteiger partial charge in [0.2, 0.25) is 0 Å². The number of quaternary nitrogens is 1. The maximum atomic E-state index is 11.9. The topological polar surface area (TPSA) is 54.9 Å². The maximum absolute atomic E-state index is 11.9. The van der Waals surface area contributed by atoms with E-state index in [0.29, 0.717) is 6.61 Å². The lowest BCUT2D eigenvalue weighted by Crippen LogP contribution is -2.91. The van der Waals surface area contributed by atoms with Gasteiger partial charge < -0.3 is 15.4 Å². The number of amides is 1. The Morgan fingerprint density at radius 2 is 2.16 bits per heavy atom. The molecule has 0 saturated carbocycles. The minimum atomic E-state index is -0.106. The number of nitrogens with one attached hydrogen (secondary N) is 1. The molecule has 0 aliphatic heterocycles. The molecule has 4 heteroatoms. The Kier molecular flexibility index (Phi) is 6.68. The van der Waals surface area contributed by atoms with E-state index in [2.05, 4.69) is 11.9 Å². The second-order valence-corrected chi connectivity index (χ2v) is 4.56. The van der Waals surface area contributed by atoms with Gasteiger partial charge in [-0.2, -0.15) is 0 Å². The van der Waals surface area contributed by atoms with Gasteiger partial charge in [0.25, 0.3) is 5.91 Å². The first-order valence-corrected chi connectivity index (χ1v) is 6.57. The molecule has 0 saturated heterocycles. The molecular weight excluding hydrogens is 240 g/mol. The SMILES string of the molecule is C=COCCC[NH2+][C@@H](C)C(=O)Nc1ccc(C)cc1. The number of carbonyl (C=O) groups is 1. The molecule has 0 heterocycles. The summed E-state index contributed by atoms with van der Waals surface area (Å²) in [6.45, 7) is 8.90. The Labute approximate surface area is 114 Å². The van der Waals surface area contributed by atoms with Gasteiger partial charge in [-0.1, -0.05) is 24.3 Å². The molecule has 1 amide bonds. The zero-order valence-electron chi connectivity index (χ0n) is 11.7. The molecule has 0 aromatic heterocycles. The zero-order valence-corrected chi connectivity index (χ0v) is 11.7. The summed E-state index contributed by atoms with van der Waals surface area (Å²) in [6, 6.07) is 7.69. The van der Waals surface area contributed by atoms with Crippen molar-refractivity contribution >= 4 is 11.6 Å². The number of nitrogens with two attached hydrogens (primary N) is 1. The van der Waals surface area contributed by atoms with Crippen molar-refractivity contribution in [1.82, 2.24) is 0 Å². The molecule has 1 rings (SSSR count). The van der Waals surface area contributed by atoms with E-state index in [4.69, 9.17) is 4.74 Å². The van der Waals surface area contributed by atoms with Gasteiger partial charge in [0.1, 0.15) is 0 Å². The second-order valence-electron chi connectivity index (χ2n) is 4.56. The largest absolute Gasteiger partial charge is 0.502 e. The summed E-state index contributed by atoms with van der Waals surface area (Å²) in [6.07, 6.45) is 2.34. The number of carbonyl (C=O) groups excluding carboxylic acids is 1. The van der Waals surface area contributed by atoms with Gasteiger partial charge in [0.15, 0.2) is 6.04 Å². The minimum Gasteiger partial charge on any atom is -0.502 e. The van der Waals surface area contributed by atoms with E-state index < -0.39 is 0 Å². The molecule has 4 nitrogen and oxygen atoms in total. The second kappa shape index (κ2) is 8.32. The highest BCUT2D eigenvalue weighted by atomic mass is 16.5. The lowest BCUT2D eigenvalue weighted by atomic mass is 10.2. The predicted octanol–water partition coefficient (Wildman–Crippen LogP) is 1.44. The van der Waals surface area contributed by atoms with Crippen LogP contribution in [0, 0.1) is 6.92 Å². The van der Waals surface area contributed by atoms with Crippen LogP contribution in [-0.2, 0) is 9.53 Å². The van der Waals surface area contributed by atoms with Gasteiger partial charge in [-0.3, -0.25) is 4.79 Å². The summed E-state index contributed by atoms with van der Waals surface area (Å²) in [5.74, 6) is 0.0218. The van der Waals surface area contributed by atoms with E-state index in [-0.39, 0.29) is 11.9 Å². The summed E-state index contributed by atoms with van der Waals surface area (Å²) >= 11 is 0. The third-order valence-electron chi connectivity index (χ3n) is 2.84. The molecule has 1 aromatic carbocycles. The Hall–Kier alpha value is -1.81. The third-order valence-corrected chi connectivity index (χ3v) is 2.84. The average Bonchev–Trinajstić information content (AvgIpc) is 2.41. The lowest BCUT2D eigenvalue weighted by molar-refractivity contribution is -0.673. The van der Waals surface area contributed by atoms with E-state index in [0.717, 1.165) is 18.7 Å². The molecule has 0 spiro atoms. The Balaban J connectivity index is 2.28. The molecule has 19 heavy (non-hydrogen) atoms. The van der Waals surface area contributed by atoms with Crippen LogP contribution >= 0.6 is 0 Å². The van der Waals surface area contributed by atoms with E-state index >= 15 is 0 Å². The molecule has 0 aliphatic carbocycles. The van der Waals surface area contributed by atoms with Crippen LogP contribution in [-0.4, -0.2) is 25.1 Å². The highest BCUT2D eigenvalue weighted by Crippen LogP contribution is 2.08. The molecule has 1 aromatic rings. The van der Waals surface area contributed by atoms with E-state index in [1.54, 1.807) is 0 Å². The van der Waals surface area contributed by atoms with Crippen LogP contribution in [0.3, 0.4) is 0 Å². The normalized spacial score (nSPS) is 11.7. The first-order valence-electron chi connectivity index (χ1n) is 6.57. The molecule has 104 valence electrons. The van der Waals surface area contributed by atoms with Gasteiger partial charge in [-0.15, -0.1) is 0 Å². The number of hydrogen-bond acceptors (Lipinski definition) is 2. The van der Waals surface area contributed by atoms with Crippen molar-refractivity contribution < 1.29 is 14.8 Å². The fraction of sp³-hybridized carbons (Fsp3) is 0.400. The highest BCUT2D eigenvalue weighted by Gasteiger charge is 2.15. The first kappa shape index (κ1) is 15.2. The van der Waals surface area contributed by atoms with E-state index in [9.17, 15) is 4.79 Å². The smallest absolute Gasteiger partial charge is 0.282 e. The number of hydrogen-bond donors (Lipinski definition) is 2. The van der Waals surface area contributed by atoms with Crippen LogP contribution in [0.1, 0.15) is 18.9 Å². The van der Waals surface area contributed by atoms with E-state index in [1.807, 2.05) is 43.4 Å². The van der Waals surface area contributed by atoms with Crippen molar-refractivity contribution in [2.45, 2.75) is 26.3 Å². The van der Waals surface area contributed by atoms with Gasteiger partial charge in [-0.05, 0) is 26.0 Å². The molecule has 0 bridgehead atoms. The van der Waals surface area contributed by atoms with Crippen molar-refractivity contribution in [2.75, 3.05) is 18.5 Å². The van der Waals surface area contributed by atoms with Crippen LogP contribution in [0.5, 0.6) is 0 Å². The molecule has 1 atom stereocenters. The van der Waals surface area contributed by atoms with Gasteiger partial charge in [0, 0.05) is 12.1 Å². The fourth-order valence-electron chi connectivity index (χ4n) is 1.62. The van der Waals surface area contributed by atoms with E-state index in [1.165, 1.54) is 11.8 Å². The number of aryl methyl sites for hydroxylation is 1. The fourth-order valence-corrected chi connectivity index (χ4v) is 1.62. The van der Waals surface area contributed by atoms with Crippen LogP contribution in [0.25, 0.3) is 0 Å². The Bertz CT molecular complexity index is 401. The molecule has 0 fully saturated rings. The molecule has 0 aliphatic rings. The third kappa shape index (κ3) is 6.06. The maximum Gasteiger partial charge on any atom is 0.282 e. The van der Waals surface area contributed by atoms with Crippen molar-refractivity contribution in [1.29, 1.82) is 0 Å². The molecule has 0 radical (unpaired) electrons. The van der Waals surface area contributed by atoms with Gasteiger partial charge >= 0.3 is 0 Å². The summed E-state index contributed by atoms with van der Waals surface area (Å²) in [4.78, 5) is 11.9. The van der Waals surface area contributed by atoms with Crippen molar-refractivity contribution in [3.05, 3.63) is 42.7 Å². The summed E-state index contributed by atoms with van der Waals surface area (Å²) < 4.78 is 5.03. The zero-order chi connectivity index (χ0) is 14.1. The summed E-state index contributed by atoms with van der Waals surface area (Å²) in [7, 11) is 0. The number of anilines is 1. The quantitative estimate of drug-likeness (QED) is 0.551. The minimum absolute atomic E-state index is 0.0218. The number of benzene rings is 1. The average molecular weight is 263 g/mol. The Morgan fingerprint density at radius 1 is 1.47 bits per heavy atom. The monoisotopic (exact) mass is 263 g/mol. The molecule has 3 N–H and O–H groups in total. The van der Waals surface area contributed by atoms with Crippen LogP contribution in [0.2, 0.25) is 0 Å². The number of ether oxygens (including phenoxy) is 1. The van der Waals surface area contributed by atoms with Gasteiger partial charge in [0.05, 0.1) is 19.4 Å². The highest BCUT2D eigenvalue weighted by molar-refractivity contribution is 5.93. The predicted molar refractivity (Wildman–Crippen MR) is 76.8 cm³/mol. The van der Waals surface area contributed by atoms with Crippen molar-refractivity contribution in [3.63, 3.8) is 0 Å². The number of rotatable bonds is 8. The lowest BCUT2D eigenvalue weighted by Gasteiger charge is -2.11. The first-order chi connectivity index (χ1) is 9.13. The molecular formula is C15H23N2O2+. The van der Waals surface area contributed by atoms with Crippen molar-refractivity contribution in [3.8, 4) is 0 Å².